The molecule has 9 aromatic heterocycles. The summed E-state index contributed by atoms with van der Waals surface area (Å²) in [6.07, 6.45) is 9.02. The average molecular weight is 2070 g/mol. The van der Waals surface area contributed by atoms with E-state index in [1.54, 1.807) is 87.1 Å². The number of aryl methyl sites for hydroxylation is 3. The number of amides is 4. The van der Waals surface area contributed by atoms with Gasteiger partial charge in [0.05, 0.1) is 53.1 Å². The third kappa shape index (κ3) is 25.4. The van der Waals surface area contributed by atoms with Crippen molar-refractivity contribution < 1.29 is 71.5 Å². The number of nitrogens with two attached hydrogens (primary N) is 2. The van der Waals surface area contributed by atoms with Crippen LogP contribution in [0.3, 0.4) is 0 Å². The van der Waals surface area contributed by atoms with E-state index in [1.165, 1.54) is 72.9 Å². The molecule has 0 radical (unpaired) electrons. The Morgan fingerprint density at radius 3 is 1.36 bits per heavy atom. The fraction of sp³-hybridized carbons (Fsp3) is 0.368. The number of nitrogen functional groups attached to an aromatic ring is 2. The van der Waals surface area contributed by atoms with Gasteiger partial charge in [-0.15, -0.1) is 0 Å². The smallest absolute Gasteiger partial charge is 0.281 e. The Hall–Kier alpha value is -14.4. The van der Waals surface area contributed by atoms with Gasteiger partial charge in [-0.2, -0.15) is 30.2 Å². The van der Waals surface area contributed by atoms with Crippen molar-refractivity contribution in [3.05, 3.63) is 261 Å². The predicted octanol–water partition coefficient (Wildman–Crippen LogP) is 16.7. The summed E-state index contributed by atoms with van der Waals surface area (Å²) in [5.41, 5.74) is 16.8. The molecule has 772 valence electrons. The van der Waals surface area contributed by atoms with E-state index < -0.39 is 74.2 Å². The number of hydrogen-bond acceptors (Lipinski definition) is 30. The van der Waals surface area contributed by atoms with Crippen LogP contribution in [0.4, 0.5) is 39.3 Å². The monoisotopic (exact) mass is 2070 g/mol. The van der Waals surface area contributed by atoms with Gasteiger partial charge >= 0.3 is 0 Å². The van der Waals surface area contributed by atoms with Crippen LogP contribution in [0.25, 0.3) is 33.8 Å². The summed E-state index contributed by atoms with van der Waals surface area (Å²) in [6, 6.07) is 48.4. The van der Waals surface area contributed by atoms with Crippen molar-refractivity contribution in [2.75, 3.05) is 71.0 Å². The van der Waals surface area contributed by atoms with E-state index in [-0.39, 0.29) is 88.2 Å². The zero-order valence-electron chi connectivity index (χ0n) is 85.5. The number of ether oxygens (including phenoxy) is 3. The van der Waals surface area contributed by atoms with Gasteiger partial charge < -0.3 is 50.3 Å². The third-order valence-electron chi connectivity index (χ3n) is 25.5. The van der Waals surface area contributed by atoms with Crippen molar-refractivity contribution in [1.82, 2.24) is 63.7 Å². The number of nitrogens with zero attached hydrogens (tertiary/aromatic N) is 12. The van der Waals surface area contributed by atoms with Gasteiger partial charge in [0.25, 0.3) is 69.3 Å². The lowest BCUT2D eigenvalue weighted by molar-refractivity contribution is 0.0972. The third-order valence-corrected chi connectivity index (χ3v) is 30.5. The normalized spacial score (nSPS) is 17.2. The molecular formula is C106H126FN19O16S4. The van der Waals surface area contributed by atoms with Gasteiger partial charge in [0.15, 0.2) is 20.0 Å². The number of carbonyl (C=O) groups is 4. The number of halogens is 1. The van der Waals surface area contributed by atoms with E-state index in [1.807, 2.05) is 92.8 Å². The van der Waals surface area contributed by atoms with E-state index in [4.69, 9.17) is 40.6 Å². The Morgan fingerprint density at radius 2 is 0.911 bits per heavy atom. The molecule has 3 aromatic carbocycles. The van der Waals surface area contributed by atoms with Crippen LogP contribution in [0.2, 0.25) is 0 Å². The van der Waals surface area contributed by atoms with Crippen LogP contribution in [-0.2, 0) is 45.5 Å². The zero-order valence-corrected chi connectivity index (χ0v) is 88.8. The molecule has 9 N–H and O–H groups in total. The van der Waals surface area contributed by atoms with Gasteiger partial charge in [0.2, 0.25) is 11.8 Å². The molecule has 0 aliphatic carbocycles. The summed E-state index contributed by atoms with van der Waals surface area (Å²) in [5.74, 6) is 1.44. The Kier molecular flexibility index (Phi) is 32.4. The molecule has 4 saturated heterocycles. The maximum absolute atomic E-state index is 14.2. The van der Waals surface area contributed by atoms with Crippen LogP contribution in [0.1, 0.15) is 207 Å². The topological polar surface area (TPSA) is 482 Å². The highest BCUT2D eigenvalue weighted by Crippen LogP contribution is 2.45. The number of sulfonamides is 4. The Labute approximate surface area is 852 Å². The summed E-state index contributed by atoms with van der Waals surface area (Å²) in [7, 11) is -15.6. The standard InChI is InChI=1S/C28H35N5O4S.C28H34N4O4S.C25H27FN4O4S.C25H30N6O4S/c1-6-14-37-23-13-10-18(2)15-21(23)22-12-11-20(26(30-22)33-17-19(3)16-28(33,4)5)27(34)32-38(35,36)25-9-7-8-24(29)31-25;1-19-17-28(5,6)32(18-19)25-20(11-10-16-29-25)26(33)31-37(34,35)24-15-9-14-23(30-24)36-22-13-8-7-12-21(22)27(2,3)4;1-15-13-25(3,4)30(14-15)22-18(9-10-20(28-22)17-8-7-16(2)19(26)12-17)23(31)29-35(33,34)21-6-5-11-27-24(21)32;1-15-12-25(3,4)31(14-15)22-18(23(32)30-36(33,34)21-8-6-7-20(26)29-21)9-10-19(28-22)17-11-16(2)24(35-5)27-13-17/h7-13,15,19H,6,14,16-17H2,1-5H3,(H2,29,31)(H,32,34);7-16,19H,17-18H2,1-6H3,(H,31,33);5-12,15H,13-14H2,1-4H3,(H,27,32)(H,29,31);6-11,13,15H,12,14H2,1-5H3,(H2,26,29)(H,30,32)/t19-;;2*15-/m0.00/s1. The number of pyridine rings is 9. The number of aromatic nitrogens is 9. The lowest BCUT2D eigenvalue weighted by Crippen LogP contribution is -2.41. The van der Waals surface area contributed by atoms with E-state index in [9.17, 15) is 62.0 Å². The second-order valence-electron chi connectivity index (χ2n) is 40.9. The highest BCUT2D eigenvalue weighted by Gasteiger charge is 2.45. The van der Waals surface area contributed by atoms with Gasteiger partial charge in [-0.1, -0.05) is 116 Å². The molecule has 16 rings (SSSR count). The largest absolute Gasteiger partial charge is 0.493 e. The van der Waals surface area contributed by atoms with Crippen LogP contribution < -0.4 is 69.7 Å². The molecule has 4 amide bonds. The Balaban J connectivity index is 0.000000163. The lowest BCUT2D eigenvalue weighted by Gasteiger charge is -2.34. The van der Waals surface area contributed by atoms with Crippen molar-refractivity contribution in [3.8, 4) is 57.0 Å². The van der Waals surface area contributed by atoms with Crippen LogP contribution in [0.5, 0.6) is 23.3 Å². The maximum atomic E-state index is 14.2. The molecule has 13 heterocycles. The van der Waals surface area contributed by atoms with Crippen molar-refractivity contribution >= 4 is 98.6 Å². The average Bonchev–Trinajstić information content (AvgIpc) is 1.72. The van der Waals surface area contributed by atoms with E-state index >= 15 is 0 Å². The minimum absolute atomic E-state index is 0.0354. The molecule has 0 saturated carbocycles. The molecule has 4 aliphatic rings. The molecule has 12 aromatic rings. The first-order valence-corrected chi connectivity index (χ1v) is 53.7. The summed E-state index contributed by atoms with van der Waals surface area (Å²) in [4.78, 5) is 110. The maximum Gasteiger partial charge on any atom is 0.281 e. The van der Waals surface area contributed by atoms with Crippen molar-refractivity contribution in [3.63, 3.8) is 0 Å². The first-order valence-electron chi connectivity index (χ1n) is 47.7. The number of H-pyrrole nitrogens is 1. The SMILES string of the molecule is CC1CN(c2ncccc2C(=O)NS(=O)(=O)c2cccc(Oc3ccccc3C(C)(C)C)n2)C(C)(C)C1.CCCOc1ccc(C)cc1-c1ccc(C(=O)NS(=O)(=O)c2cccc(N)n2)c(N2C[C@@H](C)CC2(C)C)n1.COc1ncc(-c2ccc(C(=O)NS(=O)(=O)c3cccc(N)n3)c(N3C[C@@H](C)CC3(C)C)n2)cc1C.Cc1ccc(-c2ccc(C(=O)NS(=O)(=O)c3ccc[nH]c3=O)c(N3C[C@@H](C)CC3(C)C)n2)cc1F. The number of methoxy groups -OCH3 is 1. The minimum Gasteiger partial charge on any atom is -0.493 e. The van der Waals surface area contributed by atoms with E-state index in [0.717, 1.165) is 72.5 Å². The fourth-order valence-corrected chi connectivity index (χ4v) is 22.9. The van der Waals surface area contributed by atoms with Gasteiger partial charge in [-0.25, -0.2) is 66.6 Å². The molecule has 40 heteroatoms. The van der Waals surface area contributed by atoms with Gasteiger partial charge in [0, 0.05) is 101 Å². The molecule has 1 unspecified atom stereocenters. The number of aromatic amines is 1. The van der Waals surface area contributed by atoms with E-state index in [0.29, 0.717) is 119 Å². The molecule has 4 fully saturated rings. The lowest BCUT2D eigenvalue weighted by atomic mass is 9.86. The minimum atomic E-state index is -4.43. The zero-order chi connectivity index (χ0) is 106. The first-order chi connectivity index (χ1) is 68.5. The number of carbonyl (C=O) groups excluding carboxylic acids is 4. The Morgan fingerprint density at radius 1 is 0.466 bits per heavy atom. The number of rotatable bonds is 25. The van der Waals surface area contributed by atoms with Gasteiger partial charge in [0.1, 0.15) is 52.2 Å². The number of para-hydroxylation sites is 1. The van der Waals surface area contributed by atoms with Gasteiger partial charge in [-0.05, 0) is 264 Å². The molecule has 4 aliphatic heterocycles. The van der Waals surface area contributed by atoms with Crippen LogP contribution >= 0.6 is 0 Å². The molecule has 35 nitrogen and oxygen atoms in total. The summed E-state index contributed by atoms with van der Waals surface area (Å²) >= 11 is 0. The Bertz CT molecular complexity index is 7510. The second kappa shape index (κ2) is 43.5. The predicted molar refractivity (Wildman–Crippen MR) is 561 cm³/mol. The molecule has 0 bridgehead atoms. The summed E-state index contributed by atoms with van der Waals surface area (Å²) in [5, 5.41) is -0.978. The van der Waals surface area contributed by atoms with Crippen LogP contribution in [-0.4, -0.2) is 164 Å². The van der Waals surface area contributed by atoms with Crippen molar-refractivity contribution in [2.24, 2.45) is 23.7 Å². The van der Waals surface area contributed by atoms with Crippen molar-refractivity contribution in [1.29, 1.82) is 0 Å². The molecular weight excluding hydrogens is 1940 g/mol. The number of benzene rings is 3. The number of nitrogens with one attached hydrogen (secondary N) is 5. The highest BCUT2D eigenvalue weighted by atomic mass is 32.2. The van der Waals surface area contributed by atoms with Crippen LogP contribution in [0.15, 0.2) is 225 Å². The molecule has 146 heavy (non-hydrogen) atoms. The van der Waals surface area contributed by atoms with Crippen LogP contribution in [0, 0.1) is 50.3 Å². The van der Waals surface area contributed by atoms with Crippen molar-refractivity contribution in [2.45, 2.75) is 211 Å². The summed E-state index contributed by atoms with van der Waals surface area (Å²) < 4.78 is 143. The highest BCUT2D eigenvalue weighted by molar-refractivity contribution is 7.91. The summed E-state index contributed by atoms with van der Waals surface area (Å²) in [6.45, 7) is 42.2. The molecule has 4 atom stereocenters. The van der Waals surface area contributed by atoms with E-state index in [2.05, 4.69) is 149 Å². The van der Waals surface area contributed by atoms with Gasteiger partial charge in [-0.3, -0.25) is 24.0 Å². The molecule has 0 spiro atoms. The fourth-order valence-electron chi connectivity index (χ4n) is 19.0. The quantitative estimate of drug-likeness (QED) is 0.0279. The first kappa shape index (κ1) is 109. The second-order valence-corrected chi connectivity index (χ2v) is 47.5. The number of hydrogen-bond donors (Lipinski definition) is 7. The number of anilines is 6.